The second-order valence-electron chi connectivity index (χ2n) is 0.447. The second kappa shape index (κ2) is 6.16. The molecule has 0 aliphatic carbocycles. The molecule has 0 aliphatic heterocycles. The summed E-state index contributed by atoms with van der Waals surface area (Å²) in [4.78, 5) is 18.6. The van der Waals surface area contributed by atoms with E-state index in [1.165, 1.54) is 0 Å². The summed E-state index contributed by atoms with van der Waals surface area (Å²) in [6.45, 7) is 0. The SMILES string of the molecule is [Ni+2].[O-]P([O-])(=S)[S-].[Zn+2]. The molecule has 40 valence electrons. The first-order valence-corrected chi connectivity index (χ1v) is 4.38. The quantitative estimate of drug-likeness (QED) is 0.298. The molecule has 0 N–H and O–H groups in total. The summed E-state index contributed by atoms with van der Waals surface area (Å²) >= 11 is 7.28. The molecule has 0 saturated carbocycles. The molecule has 7 heteroatoms. The summed E-state index contributed by atoms with van der Waals surface area (Å²) < 4.78 is 0. The third-order valence-electron chi connectivity index (χ3n) is 0. The largest absolute Gasteiger partial charge is 2.00 e. The third kappa shape index (κ3) is 70.6. The predicted octanol–water partition coefficient (Wildman–Crippen LogP) is -1.53. The monoisotopic (exact) mass is 249 g/mol. The fourth-order valence-electron chi connectivity index (χ4n) is 0. The van der Waals surface area contributed by atoms with Gasteiger partial charge in [-0.3, -0.25) is 0 Å². The van der Waals surface area contributed by atoms with Gasteiger partial charge in [0.1, 0.15) is 0 Å². The van der Waals surface area contributed by atoms with Crippen molar-refractivity contribution in [1.29, 1.82) is 0 Å². The minimum absolute atomic E-state index is 0. The number of rotatable bonds is 0. The molecule has 0 aromatic rings. The Balaban J connectivity index is -0.0000000800. The molecule has 0 radical (unpaired) electrons. The van der Waals surface area contributed by atoms with Gasteiger partial charge in [0.2, 0.25) is 0 Å². The number of hydrogen-bond acceptors (Lipinski definition) is 4. The Kier molecular flexibility index (Phi) is 14.1. The van der Waals surface area contributed by atoms with Crippen molar-refractivity contribution in [3.05, 3.63) is 0 Å². The van der Waals surface area contributed by atoms with Crippen LogP contribution >= 0.6 is 5.69 Å². The van der Waals surface area contributed by atoms with E-state index in [1.807, 2.05) is 0 Å². The van der Waals surface area contributed by atoms with E-state index in [4.69, 9.17) is 0 Å². The molecule has 0 rings (SSSR count). The molecule has 0 heterocycles. The van der Waals surface area contributed by atoms with Crippen molar-refractivity contribution in [2.75, 3.05) is 0 Å². The average Bonchev–Trinajstić information content (AvgIpc) is 0.722. The van der Waals surface area contributed by atoms with Crippen molar-refractivity contribution in [3.8, 4) is 0 Å². The molecule has 0 spiro atoms. The Morgan fingerprint density at radius 1 is 1.43 bits per heavy atom. The topological polar surface area (TPSA) is 46.1 Å². The molecule has 0 unspecified atom stereocenters. The smallest absolute Gasteiger partial charge is 0.850 e. The summed E-state index contributed by atoms with van der Waals surface area (Å²) in [5.74, 6) is 0. The van der Waals surface area contributed by atoms with Gasteiger partial charge in [-0.15, -0.1) is 0 Å². The van der Waals surface area contributed by atoms with Gasteiger partial charge < -0.3 is 27.7 Å². The van der Waals surface area contributed by atoms with Crippen molar-refractivity contribution in [2.24, 2.45) is 0 Å². The predicted molar refractivity (Wildman–Crippen MR) is 21.6 cm³/mol. The molecule has 0 fully saturated rings. The van der Waals surface area contributed by atoms with Crippen LogP contribution in [0.3, 0.4) is 0 Å². The van der Waals surface area contributed by atoms with Gasteiger partial charge in [-0.25, -0.2) is 0 Å². The van der Waals surface area contributed by atoms with Crippen molar-refractivity contribution in [3.63, 3.8) is 0 Å². The van der Waals surface area contributed by atoms with E-state index in [0.29, 0.717) is 0 Å². The third-order valence-corrected chi connectivity index (χ3v) is 0. The molecule has 7 heavy (non-hydrogen) atoms. The Morgan fingerprint density at radius 3 is 1.43 bits per heavy atom. The van der Waals surface area contributed by atoms with Crippen LogP contribution in [0.15, 0.2) is 0 Å². The summed E-state index contributed by atoms with van der Waals surface area (Å²) in [5.41, 5.74) is -3.72. The van der Waals surface area contributed by atoms with Gasteiger partial charge in [-0.1, -0.05) is 0 Å². The summed E-state index contributed by atoms with van der Waals surface area (Å²) in [6.07, 6.45) is 0. The van der Waals surface area contributed by atoms with Gasteiger partial charge in [0.25, 0.3) is 0 Å². The van der Waals surface area contributed by atoms with Crippen molar-refractivity contribution >= 4 is 29.7 Å². The van der Waals surface area contributed by atoms with Gasteiger partial charge in [-0.05, 0) is 0 Å². The Morgan fingerprint density at radius 2 is 1.43 bits per heavy atom. The van der Waals surface area contributed by atoms with Crippen LogP contribution in [-0.2, 0) is 60.0 Å². The van der Waals surface area contributed by atoms with Crippen LogP contribution in [0.2, 0.25) is 0 Å². The summed E-state index contributed by atoms with van der Waals surface area (Å²) in [6, 6.07) is 0. The molecule has 0 saturated heterocycles. The first-order chi connectivity index (χ1) is 2.00. The molecule has 2 nitrogen and oxygen atoms in total. The molecule has 0 atom stereocenters. The maximum absolute atomic E-state index is 9.29. The van der Waals surface area contributed by atoms with E-state index in [0.717, 1.165) is 0 Å². The Hall–Kier alpha value is 2.04. The van der Waals surface area contributed by atoms with Gasteiger partial charge in [0.05, 0.1) is 0 Å². The standard InChI is InChI=1S/Ni.H3O2PS2.Zn/c;1-3(2,4)5;/h;(H3,1,2,4,5);/q+2;;+2/p-3. The van der Waals surface area contributed by atoms with Crippen LogP contribution in [0.25, 0.3) is 0 Å². The molecule has 0 aliphatic rings. The summed E-state index contributed by atoms with van der Waals surface area (Å²) in [5, 5.41) is 0. The van der Waals surface area contributed by atoms with Crippen LogP contribution in [0.5, 0.6) is 0 Å². The minimum Gasteiger partial charge on any atom is -0.850 e. The molecule has 0 aromatic carbocycles. The molecule has 0 amide bonds. The first kappa shape index (κ1) is 16.0. The van der Waals surface area contributed by atoms with E-state index < -0.39 is 5.69 Å². The van der Waals surface area contributed by atoms with Crippen molar-refractivity contribution in [1.82, 2.24) is 0 Å². The zero-order chi connectivity index (χ0) is 4.50. The normalized spacial score (nSPS) is 8.43. The molecule has 0 bridgehead atoms. The van der Waals surface area contributed by atoms with Crippen LogP contribution < -0.4 is 9.79 Å². The van der Waals surface area contributed by atoms with Crippen LogP contribution in [-0.4, -0.2) is 0 Å². The fraction of sp³-hybridized carbons (Fsp3) is 0. The van der Waals surface area contributed by atoms with Crippen LogP contribution in [0.1, 0.15) is 0 Å². The van der Waals surface area contributed by atoms with Gasteiger partial charge in [0, 0.05) is 0 Å². The van der Waals surface area contributed by atoms with E-state index >= 15 is 0 Å². The number of hydrogen-bond donors (Lipinski definition) is 0. The van der Waals surface area contributed by atoms with Crippen LogP contribution in [0.4, 0.5) is 0 Å². The van der Waals surface area contributed by atoms with E-state index in [9.17, 15) is 9.79 Å². The first-order valence-electron chi connectivity index (χ1n) is 0.730. The Labute approximate surface area is 75.1 Å². The minimum atomic E-state index is -3.72. The second-order valence-corrected chi connectivity index (χ2v) is 4.92. The maximum Gasteiger partial charge on any atom is 2.00 e. The van der Waals surface area contributed by atoms with E-state index in [1.54, 1.807) is 0 Å². The summed E-state index contributed by atoms with van der Waals surface area (Å²) in [7, 11) is 0. The van der Waals surface area contributed by atoms with Crippen molar-refractivity contribution in [2.45, 2.75) is 0 Å². The zero-order valence-corrected chi connectivity index (χ0v) is 9.59. The van der Waals surface area contributed by atoms with Gasteiger partial charge >= 0.3 is 36.0 Å². The van der Waals surface area contributed by atoms with E-state index in [2.05, 4.69) is 24.1 Å². The molecule has 0 aromatic heterocycles. The maximum atomic E-state index is 9.29. The Bertz CT molecular complexity index is 61.8. The van der Waals surface area contributed by atoms with Crippen molar-refractivity contribution < 1.29 is 45.8 Å². The molecular formula is NiO2PS2Zn+. The van der Waals surface area contributed by atoms with Gasteiger partial charge in [0.15, 0.2) is 0 Å². The van der Waals surface area contributed by atoms with Crippen LogP contribution in [0, 0.1) is 0 Å². The fourth-order valence-corrected chi connectivity index (χ4v) is 0. The van der Waals surface area contributed by atoms with E-state index in [-0.39, 0.29) is 36.0 Å². The average molecular weight is 251 g/mol. The molecular weight excluding hydrogens is 251 g/mol. The van der Waals surface area contributed by atoms with Gasteiger partial charge in [-0.2, -0.15) is 11.8 Å². The zero-order valence-electron chi connectivity index (χ0n) is 3.10.